The molecule has 1 aliphatic heterocycles. The first-order valence-electron chi connectivity index (χ1n) is 9.50. The Labute approximate surface area is 164 Å². The summed E-state index contributed by atoms with van der Waals surface area (Å²) in [7, 11) is 0. The number of pyridine rings is 1. The van der Waals surface area contributed by atoms with Crippen molar-refractivity contribution >= 4 is 17.4 Å². The summed E-state index contributed by atoms with van der Waals surface area (Å²) in [5, 5.41) is 10.9. The average Bonchev–Trinajstić information content (AvgIpc) is 2.98. The number of ketones is 1. The van der Waals surface area contributed by atoms with Crippen LogP contribution in [-0.4, -0.2) is 39.8 Å². The molecule has 1 aliphatic rings. The van der Waals surface area contributed by atoms with Gasteiger partial charge in [-0.3, -0.25) is 14.6 Å². The number of nitrogens with zero attached hydrogens (tertiary/aromatic N) is 2. The second-order valence-corrected chi connectivity index (χ2v) is 6.58. The van der Waals surface area contributed by atoms with Gasteiger partial charge in [0.2, 0.25) is 0 Å². The highest BCUT2D eigenvalue weighted by molar-refractivity contribution is 6.46. The summed E-state index contributed by atoms with van der Waals surface area (Å²) >= 11 is 0. The van der Waals surface area contributed by atoms with Crippen molar-refractivity contribution in [1.29, 1.82) is 0 Å². The highest BCUT2D eigenvalue weighted by atomic mass is 16.5. The summed E-state index contributed by atoms with van der Waals surface area (Å²) in [6, 6.07) is 9.73. The molecule has 1 amide bonds. The molecule has 1 aromatic carbocycles. The summed E-state index contributed by atoms with van der Waals surface area (Å²) in [5.74, 6) is -0.748. The van der Waals surface area contributed by atoms with Gasteiger partial charge in [-0.05, 0) is 55.3 Å². The van der Waals surface area contributed by atoms with Gasteiger partial charge in [0.15, 0.2) is 0 Å². The molecule has 146 valence electrons. The van der Waals surface area contributed by atoms with E-state index in [0.717, 1.165) is 18.4 Å². The van der Waals surface area contributed by atoms with E-state index in [1.54, 1.807) is 53.7 Å². The van der Waals surface area contributed by atoms with E-state index in [2.05, 4.69) is 4.98 Å². The van der Waals surface area contributed by atoms with Gasteiger partial charge in [-0.25, -0.2) is 0 Å². The molecule has 2 heterocycles. The quantitative estimate of drug-likeness (QED) is 0.450. The first-order chi connectivity index (χ1) is 13.6. The molecule has 1 N–H and O–H groups in total. The van der Waals surface area contributed by atoms with Crippen molar-refractivity contribution in [2.24, 2.45) is 0 Å². The minimum atomic E-state index is -0.663. The minimum Gasteiger partial charge on any atom is -0.507 e. The van der Waals surface area contributed by atoms with Gasteiger partial charge in [-0.15, -0.1) is 0 Å². The van der Waals surface area contributed by atoms with E-state index >= 15 is 0 Å². The molecule has 0 spiro atoms. The van der Waals surface area contributed by atoms with Crippen LogP contribution in [0.5, 0.6) is 5.75 Å². The van der Waals surface area contributed by atoms with E-state index in [4.69, 9.17) is 4.74 Å². The number of aliphatic hydroxyl groups is 1. The lowest BCUT2D eigenvalue weighted by Crippen LogP contribution is -2.30. The molecule has 0 radical (unpaired) electrons. The number of amides is 1. The molecule has 6 nitrogen and oxygen atoms in total. The van der Waals surface area contributed by atoms with E-state index in [1.807, 2.05) is 13.8 Å². The monoisotopic (exact) mass is 380 g/mol. The number of aliphatic hydroxyl groups excluding tert-OH is 1. The van der Waals surface area contributed by atoms with Crippen molar-refractivity contribution in [2.75, 3.05) is 13.2 Å². The first kappa shape index (κ1) is 19.6. The lowest BCUT2D eigenvalue weighted by Gasteiger charge is -2.25. The van der Waals surface area contributed by atoms with Gasteiger partial charge in [0.25, 0.3) is 11.7 Å². The molecule has 1 aromatic heterocycles. The third-order valence-corrected chi connectivity index (χ3v) is 4.75. The predicted molar refractivity (Wildman–Crippen MR) is 106 cm³/mol. The van der Waals surface area contributed by atoms with Crippen molar-refractivity contribution < 1.29 is 19.4 Å². The number of Topliss-reactive ketones (excluding diaryl/α,β-unsaturated/α-hetero) is 1. The fourth-order valence-electron chi connectivity index (χ4n) is 3.36. The zero-order valence-corrected chi connectivity index (χ0v) is 16.1. The predicted octanol–water partition coefficient (Wildman–Crippen LogP) is 3.70. The summed E-state index contributed by atoms with van der Waals surface area (Å²) in [4.78, 5) is 31.0. The van der Waals surface area contributed by atoms with Crippen LogP contribution in [0.4, 0.5) is 0 Å². The van der Waals surface area contributed by atoms with E-state index in [9.17, 15) is 14.7 Å². The van der Waals surface area contributed by atoms with E-state index < -0.39 is 17.7 Å². The van der Waals surface area contributed by atoms with Crippen LogP contribution in [0.2, 0.25) is 0 Å². The molecule has 1 unspecified atom stereocenters. The van der Waals surface area contributed by atoms with Gasteiger partial charge in [-0.1, -0.05) is 13.3 Å². The normalized spacial score (nSPS) is 18.5. The molecular weight excluding hydrogens is 356 g/mol. The van der Waals surface area contributed by atoms with Crippen LogP contribution in [-0.2, 0) is 9.59 Å². The molecule has 0 saturated carbocycles. The van der Waals surface area contributed by atoms with Crippen LogP contribution in [0.15, 0.2) is 54.4 Å². The Hall–Kier alpha value is -3.15. The molecule has 6 heteroatoms. The number of likely N-dealkylation sites (tertiary alicyclic amines) is 1. The first-order valence-corrected chi connectivity index (χ1v) is 9.50. The zero-order valence-electron chi connectivity index (χ0n) is 16.1. The number of hydrogen-bond acceptors (Lipinski definition) is 5. The maximum absolute atomic E-state index is 12.8. The Kier molecular flexibility index (Phi) is 6.09. The minimum absolute atomic E-state index is 0.108. The number of aromatic nitrogens is 1. The largest absolute Gasteiger partial charge is 0.507 e. The second kappa shape index (κ2) is 8.69. The third kappa shape index (κ3) is 3.76. The Bertz CT molecular complexity index is 875. The van der Waals surface area contributed by atoms with Gasteiger partial charge >= 0.3 is 0 Å². The van der Waals surface area contributed by atoms with Crippen molar-refractivity contribution in [3.8, 4) is 5.75 Å². The van der Waals surface area contributed by atoms with Crippen LogP contribution in [0, 0.1) is 0 Å². The van der Waals surface area contributed by atoms with Gasteiger partial charge in [0.05, 0.1) is 18.2 Å². The Morgan fingerprint density at radius 1 is 1.11 bits per heavy atom. The fourth-order valence-corrected chi connectivity index (χ4v) is 3.36. The van der Waals surface area contributed by atoms with Crippen LogP contribution in [0.25, 0.3) is 5.76 Å². The number of carbonyl (C=O) groups is 2. The molecule has 1 saturated heterocycles. The van der Waals surface area contributed by atoms with Crippen molar-refractivity contribution in [3.63, 3.8) is 0 Å². The topological polar surface area (TPSA) is 79.7 Å². The Morgan fingerprint density at radius 2 is 1.79 bits per heavy atom. The van der Waals surface area contributed by atoms with Crippen LogP contribution < -0.4 is 4.74 Å². The van der Waals surface area contributed by atoms with E-state index in [-0.39, 0.29) is 11.3 Å². The number of ether oxygens (including phenoxy) is 1. The molecule has 1 atom stereocenters. The van der Waals surface area contributed by atoms with E-state index in [1.165, 1.54) is 0 Å². The van der Waals surface area contributed by atoms with E-state index in [0.29, 0.717) is 24.5 Å². The van der Waals surface area contributed by atoms with Crippen LogP contribution in [0.1, 0.15) is 43.9 Å². The summed E-state index contributed by atoms with van der Waals surface area (Å²) in [5.41, 5.74) is 1.32. The van der Waals surface area contributed by atoms with Crippen molar-refractivity contribution in [2.45, 2.75) is 32.7 Å². The molecule has 0 bridgehead atoms. The zero-order chi connectivity index (χ0) is 20.1. The number of benzene rings is 1. The third-order valence-electron chi connectivity index (χ3n) is 4.75. The highest BCUT2D eigenvalue weighted by Gasteiger charge is 2.45. The van der Waals surface area contributed by atoms with Gasteiger partial charge in [0, 0.05) is 24.5 Å². The summed E-state index contributed by atoms with van der Waals surface area (Å²) < 4.78 is 5.42. The maximum atomic E-state index is 12.8. The SMILES string of the molecule is CCCCN1C(=O)C(=O)/C(=C(\O)c2ccc(OCC)cc2)C1c1ccncc1. The lowest BCUT2D eigenvalue weighted by atomic mass is 9.96. The summed E-state index contributed by atoms with van der Waals surface area (Å²) in [6.45, 7) is 4.91. The Morgan fingerprint density at radius 3 is 2.39 bits per heavy atom. The van der Waals surface area contributed by atoms with Crippen molar-refractivity contribution in [3.05, 3.63) is 65.5 Å². The molecule has 2 aromatic rings. The number of carbonyl (C=O) groups excluding carboxylic acids is 2. The standard InChI is InChI=1S/C22H24N2O4/c1-3-5-14-24-19(15-10-12-23-13-11-15)18(21(26)22(24)27)20(25)16-6-8-17(9-7-16)28-4-2/h6-13,19,25H,3-5,14H2,1-2H3/b20-18-. The molecule has 1 fully saturated rings. The maximum Gasteiger partial charge on any atom is 0.295 e. The number of rotatable bonds is 7. The van der Waals surface area contributed by atoms with Crippen molar-refractivity contribution in [1.82, 2.24) is 9.88 Å². The summed E-state index contributed by atoms with van der Waals surface area (Å²) in [6.07, 6.45) is 4.90. The molecular formula is C22H24N2O4. The fraction of sp³-hybridized carbons (Fsp3) is 0.318. The Balaban J connectivity index is 2.08. The molecule has 28 heavy (non-hydrogen) atoms. The molecule has 0 aliphatic carbocycles. The smallest absolute Gasteiger partial charge is 0.295 e. The molecule has 3 rings (SSSR count). The average molecular weight is 380 g/mol. The van der Waals surface area contributed by atoms with Gasteiger partial charge in [-0.2, -0.15) is 0 Å². The van der Waals surface area contributed by atoms with Gasteiger partial charge in [0.1, 0.15) is 11.5 Å². The lowest BCUT2D eigenvalue weighted by molar-refractivity contribution is -0.139. The van der Waals surface area contributed by atoms with Crippen LogP contribution >= 0.6 is 0 Å². The number of unbranched alkanes of at least 4 members (excludes halogenated alkanes) is 1. The van der Waals surface area contributed by atoms with Crippen LogP contribution in [0.3, 0.4) is 0 Å². The number of hydrogen-bond donors (Lipinski definition) is 1. The second-order valence-electron chi connectivity index (χ2n) is 6.58. The highest BCUT2D eigenvalue weighted by Crippen LogP contribution is 2.39. The van der Waals surface area contributed by atoms with Gasteiger partial charge < -0.3 is 14.7 Å².